The van der Waals surface area contributed by atoms with Gasteiger partial charge in [-0.3, -0.25) is 14.7 Å². The molecule has 168 valence electrons. The normalized spacial score (nSPS) is 17.9. The third-order valence-corrected chi connectivity index (χ3v) is 5.84. The summed E-state index contributed by atoms with van der Waals surface area (Å²) in [7, 11) is 3.39. The number of hydrogen-bond acceptors (Lipinski definition) is 5. The molecule has 1 aliphatic heterocycles. The van der Waals surface area contributed by atoms with Crippen LogP contribution in [0.5, 0.6) is 11.5 Å². The van der Waals surface area contributed by atoms with E-state index < -0.39 is 0 Å². The molecule has 1 aliphatic rings. The minimum absolute atomic E-state index is 0.0881. The van der Waals surface area contributed by atoms with Crippen LogP contribution in [0, 0.1) is 11.8 Å². The van der Waals surface area contributed by atoms with Crippen LogP contribution in [0.4, 0.5) is 0 Å². The Morgan fingerprint density at radius 2 is 1.90 bits per heavy atom. The highest BCUT2D eigenvalue weighted by Gasteiger charge is 2.31. The summed E-state index contributed by atoms with van der Waals surface area (Å²) in [5.74, 6) is 2.39. The molecule has 31 heavy (non-hydrogen) atoms. The third-order valence-electron chi connectivity index (χ3n) is 5.84. The highest BCUT2D eigenvalue weighted by molar-refractivity contribution is 5.76. The van der Waals surface area contributed by atoms with Crippen molar-refractivity contribution in [3.8, 4) is 11.5 Å². The van der Waals surface area contributed by atoms with Gasteiger partial charge in [0, 0.05) is 25.7 Å². The molecule has 1 saturated heterocycles. The molecule has 1 amide bonds. The van der Waals surface area contributed by atoms with E-state index in [9.17, 15) is 4.79 Å². The van der Waals surface area contributed by atoms with Crippen LogP contribution in [0.3, 0.4) is 0 Å². The molecular weight excluding hydrogens is 390 g/mol. The standard InChI is InChI=1S/C25H35N3O3/c1-18(2)15-24(29)27-25(21-10-5-6-13-26-21)19-9-8-14-28(16-19)17-20-22(30-3)11-7-12-23(20)31-4/h5-7,10-13,18-19,25H,8-9,14-17H2,1-4H3,(H,27,29). The van der Waals surface area contributed by atoms with E-state index in [2.05, 4.69) is 29.0 Å². The topological polar surface area (TPSA) is 63.7 Å². The molecule has 1 N–H and O–H groups in total. The Labute approximate surface area is 186 Å². The fourth-order valence-corrected chi connectivity index (χ4v) is 4.41. The molecule has 2 atom stereocenters. The van der Waals surface area contributed by atoms with Gasteiger partial charge in [-0.1, -0.05) is 26.0 Å². The maximum Gasteiger partial charge on any atom is 0.220 e. The average molecular weight is 426 g/mol. The molecule has 0 spiro atoms. The van der Waals surface area contributed by atoms with Gasteiger partial charge in [0.2, 0.25) is 5.91 Å². The van der Waals surface area contributed by atoms with Crippen LogP contribution in [0.25, 0.3) is 0 Å². The van der Waals surface area contributed by atoms with Crippen molar-refractivity contribution in [3.63, 3.8) is 0 Å². The summed E-state index contributed by atoms with van der Waals surface area (Å²) in [5.41, 5.74) is 1.99. The van der Waals surface area contributed by atoms with Gasteiger partial charge in [0.1, 0.15) is 11.5 Å². The van der Waals surface area contributed by atoms with Gasteiger partial charge in [-0.2, -0.15) is 0 Å². The Hall–Kier alpha value is -2.60. The van der Waals surface area contributed by atoms with Gasteiger partial charge in [-0.05, 0) is 55.5 Å². The van der Waals surface area contributed by atoms with Gasteiger partial charge in [-0.15, -0.1) is 0 Å². The van der Waals surface area contributed by atoms with Crippen LogP contribution >= 0.6 is 0 Å². The number of methoxy groups -OCH3 is 2. The summed E-state index contributed by atoms with van der Waals surface area (Å²) >= 11 is 0. The average Bonchev–Trinajstić information content (AvgIpc) is 2.78. The second-order valence-corrected chi connectivity index (χ2v) is 8.68. The molecule has 0 aliphatic carbocycles. The molecule has 2 heterocycles. The Balaban J connectivity index is 1.78. The number of amides is 1. The molecule has 2 unspecified atom stereocenters. The number of aromatic nitrogens is 1. The van der Waals surface area contributed by atoms with E-state index in [1.54, 1.807) is 20.4 Å². The van der Waals surface area contributed by atoms with E-state index in [4.69, 9.17) is 9.47 Å². The minimum Gasteiger partial charge on any atom is -0.496 e. The lowest BCUT2D eigenvalue weighted by molar-refractivity contribution is -0.123. The van der Waals surface area contributed by atoms with Crippen LogP contribution in [-0.2, 0) is 11.3 Å². The van der Waals surface area contributed by atoms with Gasteiger partial charge in [0.15, 0.2) is 0 Å². The number of ether oxygens (including phenoxy) is 2. The fraction of sp³-hybridized carbons (Fsp3) is 0.520. The van der Waals surface area contributed by atoms with Crippen molar-refractivity contribution in [1.82, 2.24) is 15.2 Å². The van der Waals surface area contributed by atoms with E-state index in [1.807, 2.05) is 36.4 Å². The smallest absolute Gasteiger partial charge is 0.220 e. The highest BCUT2D eigenvalue weighted by atomic mass is 16.5. The number of nitrogens with one attached hydrogen (secondary N) is 1. The first-order valence-corrected chi connectivity index (χ1v) is 11.1. The van der Waals surface area contributed by atoms with E-state index in [0.29, 0.717) is 18.3 Å². The van der Waals surface area contributed by atoms with Gasteiger partial charge in [0.25, 0.3) is 0 Å². The zero-order valence-corrected chi connectivity index (χ0v) is 19.1. The SMILES string of the molecule is COc1cccc(OC)c1CN1CCCC(C(NC(=O)CC(C)C)c2ccccn2)C1. The van der Waals surface area contributed by atoms with E-state index in [0.717, 1.165) is 55.2 Å². The van der Waals surface area contributed by atoms with Gasteiger partial charge in [-0.25, -0.2) is 0 Å². The number of carbonyl (C=O) groups is 1. The number of pyridine rings is 1. The molecular formula is C25H35N3O3. The molecule has 1 aromatic carbocycles. The minimum atomic E-state index is -0.0881. The Bertz CT molecular complexity index is 819. The molecule has 6 nitrogen and oxygen atoms in total. The number of carbonyl (C=O) groups excluding carboxylic acids is 1. The number of piperidine rings is 1. The predicted octanol–water partition coefficient (Wildman–Crippen LogP) is 4.21. The largest absolute Gasteiger partial charge is 0.496 e. The Kier molecular flexibility index (Phi) is 8.29. The van der Waals surface area contributed by atoms with Crippen molar-refractivity contribution in [2.75, 3.05) is 27.3 Å². The fourth-order valence-electron chi connectivity index (χ4n) is 4.41. The van der Waals surface area contributed by atoms with E-state index >= 15 is 0 Å². The molecule has 0 bridgehead atoms. The van der Waals surface area contributed by atoms with Crippen molar-refractivity contribution in [2.45, 2.75) is 45.7 Å². The van der Waals surface area contributed by atoms with Crippen LogP contribution in [0.1, 0.15) is 50.4 Å². The molecule has 0 radical (unpaired) electrons. The zero-order chi connectivity index (χ0) is 22.2. The lowest BCUT2D eigenvalue weighted by Crippen LogP contribution is -2.43. The number of rotatable bonds is 9. The first-order valence-electron chi connectivity index (χ1n) is 11.1. The maximum atomic E-state index is 12.6. The second kappa shape index (κ2) is 11.1. The van der Waals surface area contributed by atoms with Gasteiger partial charge >= 0.3 is 0 Å². The van der Waals surface area contributed by atoms with Crippen LogP contribution in [0.15, 0.2) is 42.6 Å². The summed E-state index contributed by atoms with van der Waals surface area (Å²) in [6.07, 6.45) is 4.46. The Morgan fingerprint density at radius 1 is 1.16 bits per heavy atom. The van der Waals surface area contributed by atoms with Crippen LogP contribution in [-0.4, -0.2) is 43.1 Å². The number of likely N-dealkylation sites (tertiary alicyclic amines) is 1. The van der Waals surface area contributed by atoms with Crippen molar-refractivity contribution >= 4 is 5.91 Å². The lowest BCUT2D eigenvalue weighted by atomic mass is 9.88. The van der Waals surface area contributed by atoms with E-state index in [-0.39, 0.29) is 11.9 Å². The summed E-state index contributed by atoms with van der Waals surface area (Å²) in [5, 5.41) is 3.29. The molecule has 6 heteroatoms. The summed E-state index contributed by atoms with van der Waals surface area (Å²) < 4.78 is 11.2. The zero-order valence-electron chi connectivity index (χ0n) is 19.1. The molecule has 1 aromatic heterocycles. The predicted molar refractivity (Wildman–Crippen MR) is 122 cm³/mol. The third kappa shape index (κ3) is 6.20. The first kappa shape index (κ1) is 23.1. The Morgan fingerprint density at radius 3 is 2.52 bits per heavy atom. The summed E-state index contributed by atoms with van der Waals surface area (Å²) in [4.78, 5) is 19.6. The van der Waals surface area contributed by atoms with Crippen molar-refractivity contribution < 1.29 is 14.3 Å². The van der Waals surface area contributed by atoms with E-state index in [1.165, 1.54) is 0 Å². The van der Waals surface area contributed by atoms with Crippen molar-refractivity contribution in [1.29, 1.82) is 0 Å². The maximum absolute atomic E-state index is 12.6. The highest BCUT2D eigenvalue weighted by Crippen LogP contribution is 2.33. The van der Waals surface area contributed by atoms with Crippen molar-refractivity contribution in [2.24, 2.45) is 11.8 Å². The first-order chi connectivity index (χ1) is 15.0. The monoisotopic (exact) mass is 425 g/mol. The van der Waals surface area contributed by atoms with Crippen molar-refractivity contribution in [3.05, 3.63) is 53.9 Å². The molecule has 2 aromatic rings. The van der Waals surface area contributed by atoms with Gasteiger partial charge in [0.05, 0.1) is 31.5 Å². The van der Waals surface area contributed by atoms with Crippen LogP contribution < -0.4 is 14.8 Å². The number of nitrogens with zero attached hydrogens (tertiary/aromatic N) is 2. The van der Waals surface area contributed by atoms with Gasteiger partial charge < -0.3 is 14.8 Å². The number of benzene rings is 1. The van der Waals surface area contributed by atoms with Crippen LogP contribution in [0.2, 0.25) is 0 Å². The second-order valence-electron chi connectivity index (χ2n) is 8.68. The quantitative estimate of drug-likeness (QED) is 0.652. The summed E-state index contributed by atoms with van der Waals surface area (Å²) in [6, 6.07) is 11.7. The molecule has 0 saturated carbocycles. The molecule has 3 rings (SSSR count). The summed E-state index contributed by atoms with van der Waals surface area (Å²) in [6.45, 7) is 6.77. The molecule has 1 fully saturated rings. The lowest BCUT2D eigenvalue weighted by Gasteiger charge is -2.37. The number of hydrogen-bond donors (Lipinski definition) is 1.